The van der Waals surface area contributed by atoms with E-state index < -0.39 is 5.97 Å². The van der Waals surface area contributed by atoms with Crippen LogP contribution in [0.25, 0.3) is 0 Å². The second-order valence-electron chi connectivity index (χ2n) is 4.54. The number of rotatable bonds is 4. The molecule has 1 heterocycles. The first-order chi connectivity index (χ1) is 9.61. The van der Waals surface area contributed by atoms with Crippen molar-refractivity contribution in [3.63, 3.8) is 0 Å². The van der Waals surface area contributed by atoms with Gasteiger partial charge >= 0.3 is 5.97 Å². The number of benzene rings is 1. The van der Waals surface area contributed by atoms with Gasteiger partial charge in [-0.2, -0.15) is 0 Å². The number of carboxylic acid groups (broad SMARTS) is 1. The average molecular weight is 278 g/mol. The molecule has 1 aliphatic rings. The molecule has 2 N–H and O–H groups in total. The fourth-order valence-electron chi connectivity index (χ4n) is 2.11. The monoisotopic (exact) mass is 278 g/mol. The maximum absolute atomic E-state index is 11.4. The summed E-state index contributed by atoms with van der Waals surface area (Å²) in [4.78, 5) is 24.7. The van der Waals surface area contributed by atoms with Crippen molar-refractivity contribution in [2.45, 2.75) is 13.3 Å². The second-order valence-corrected chi connectivity index (χ2v) is 4.54. The highest BCUT2D eigenvalue weighted by atomic mass is 16.5. The highest BCUT2D eigenvalue weighted by Crippen LogP contribution is 2.25. The highest BCUT2D eigenvalue weighted by molar-refractivity contribution is 5.98. The lowest BCUT2D eigenvalue weighted by Crippen LogP contribution is -2.37. The van der Waals surface area contributed by atoms with E-state index in [9.17, 15) is 14.7 Å². The minimum Gasteiger partial charge on any atom is -0.478 e. The fraction of sp³-hybridized carbons (Fsp3) is 0.429. The number of morpholine rings is 1. The third kappa shape index (κ3) is 3.27. The van der Waals surface area contributed by atoms with E-state index in [1.807, 2.05) is 4.90 Å². The lowest BCUT2D eigenvalue weighted by atomic mass is 10.1. The fourth-order valence-corrected chi connectivity index (χ4v) is 2.11. The molecule has 0 saturated carbocycles. The standard InChI is InChI=1S/C14H18N2O4/c1-2-13(17)15-10-3-4-12(11(9-10)14(18)19)16-5-7-20-8-6-16/h3-4,9H,2,5-8H2,1H3,(H,15,17)(H,18,19). The van der Waals surface area contributed by atoms with Gasteiger partial charge in [0, 0.05) is 25.2 Å². The summed E-state index contributed by atoms with van der Waals surface area (Å²) in [6.07, 6.45) is 0.355. The number of anilines is 2. The molecule has 1 aliphatic heterocycles. The molecule has 108 valence electrons. The molecule has 0 aliphatic carbocycles. The molecule has 1 amide bonds. The Morgan fingerprint density at radius 1 is 1.35 bits per heavy atom. The Hall–Kier alpha value is -2.08. The smallest absolute Gasteiger partial charge is 0.337 e. The van der Waals surface area contributed by atoms with E-state index >= 15 is 0 Å². The number of nitrogens with zero attached hydrogens (tertiary/aromatic N) is 1. The van der Waals surface area contributed by atoms with Gasteiger partial charge in [-0.3, -0.25) is 4.79 Å². The minimum absolute atomic E-state index is 0.138. The highest BCUT2D eigenvalue weighted by Gasteiger charge is 2.19. The van der Waals surface area contributed by atoms with Gasteiger partial charge in [0.15, 0.2) is 0 Å². The van der Waals surface area contributed by atoms with E-state index in [1.165, 1.54) is 6.07 Å². The van der Waals surface area contributed by atoms with Crippen molar-refractivity contribution in [3.8, 4) is 0 Å². The predicted octanol–water partition coefficient (Wildman–Crippen LogP) is 1.57. The van der Waals surface area contributed by atoms with E-state index in [0.29, 0.717) is 44.1 Å². The van der Waals surface area contributed by atoms with Crippen LogP contribution in [0.2, 0.25) is 0 Å². The predicted molar refractivity (Wildman–Crippen MR) is 75.4 cm³/mol. The number of hydrogen-bond donors (Lipinski definition) is 2. The molecule has 0 aromatic heterocycles. The molecule has 6 nitrogen and oxygen atoms in total. The molecule has 20 heavy (non-hydrogen) atoms. The van der Waals surface area contributed by atoms with Gasteiger partial charge in [0.1, 0.15) is 0 Å². The van der Waals surface area contributed by atoms with Crippen molar-refractivity contribution < 1.29 is 19.4 Å². The third-order valence-corrected chi connectivity index (χ3v) is 3.18. The zero-order valence-corrected chi connectivity index (χ0v) is 11.4. The van der Waals surface area contributed by atoms with Crippen LogP contribution in [-0.4, -0.2) is 43.3 Å². The Balaban J connectivity index is 2.27. The molecule has 1 fully saturated rings. The van der Waals surface area contributed by atoms with Gasteiger partial charge in [-0.15, -0.1) is 0 Å². The summed E-state index contributed by atoms with van der Waals surface area (Å²) < 4.78 is 5.27. The summed E-state index contributed by atoms with van der Waals surface area (Å²) in [5.41, 5.74) is 1.36. The summed E-state index contributed by atoms with van der Waals surface area (Å²) in [5, 5.41) is 12.0. The number of nitrogens with one attached hydrogen (secondary N) is 1. The van der Waals surface area contributed by atoms with Crippen molar-refractivity contribution in [1.82, 2.24) is 0 Å². The maximum atomic E-state index is 11.4. The number of carboxylic acids is 1. The Kier molecular flexibility index (Phi) is 4.57. The van der Waals surface area contributed by atoms with Crippen LogP contribution in [0.1, 0.15) is 23.7 Å². The topological polar surface area (TPSA) is 78.9 Å². The Bertz CT molecular complexity index is 510. The first-order valence-corrected chi connectivity index (χ1v) is 6.61. The molecule has 2 rings (SSSR count). The van der Waals surface area contributed by atoms with E-state index in [2.05, 4.69) is 5.32 Å². The molecule has 0 spiro atoms. The molecular formula is C14H18N2O4. The number of ether oxygens (including phenoxy) is 1. The third-order valence-electron chi connectivity index (χ3n) is 3.18. The summed E-state index contributed by atoms with van der Waals surface area (Å²) in [5.74, 6) is -1.14. The van der Waals surface area contributed by atoms with E-state index in [0.717, 1.165) is 0 Å². The first kappa shape index (κ1) is 14.3. The number of amides is 1. The number of carbonyl (C=O) groups excluding carboxylic acids is 1. The summed E-state index contributed by atoms with van der Waals surface area (Å²) in [6.45, 7) is 4.26. The van der Waals surface area contributed by atoms with Crippen molar-refractivity contribution in [2.75, 3.05) is 36.5 Å². The van der Waals surface area contributed by atoms with Crippen LogP contribution >= 0.6 is 0 Å². The van der Waals surface area contributed by atoms with E-state index in [1.54, 1.807) is 19.1 Å². The van der Waals surface area contributed by atoms with Crippen molar-refractivity contribution in [1.29, 1.82) is 0 Å². The number of carbonyl (C=O) groups is 2. The molecule has 0 radical (unpaired) electrons. The van der Waals surface area contributed by atoms with Crippen LogP contribution < -0.4 is 10.2 Å². The van der Waals surface area contributed by atoms with Gasteiger partial charge in [0.05, 0.1) is 24.5 Å². The Morgan fingerprint density at radius 3 is 2.65 bits per heavy atom. The van der Waals surface area contributed by atoms with Crippen LogP contribution in [0.4, 0.5) is 11.4 Å². The van der Waals surface area contributed by atoms with Gasteiger partial charge in [0.2, 0.25) is 5.91 Å². The molecule has 1 aromatic carbocycles. The summed E-state index contributed by atoms with van der Waals surface area (Å²) >= 11 is 0. The quantitative estimate of drug-likeness (QED) is 0.874. The molecule has 1 saturated heterocycles. The maximum Gasteiger partial charge on any atom is 0.337 e. The largest absolute Gasteiger partial charge is 0.478 e. The van der Waals surface area contributed by atoms with E-state index in [4.69, 9.17) is 4.74 Å². The van der Waals surface area contributed by atoms with Crippen LogP contribution in [0.3, 0.4) is 0 Å². The van der Waals surface area contributed by atoms with Crippen LogP contribution in [0.15, 0.2) is 18.2 Å². The molecule has 0 bridgehead atoms. The SMILES string of the molecule is CCC(=O)Nc1ccc(N2CCOCC2)c(C(=O)O)c1. The molecular weight excluding hydrogens is 260 g/mol. The second kappa shape index (κ2) is 6.38. The Labute approximate surface area is 117 Å². The zero-order valence-electron chi connectivity index (χ0n) is 11.4. The minimum atomic E-state index is -1.00. The lowest BCUT2D eigenvalue weighted by molar-refractivity contribution is -0.115. The average Bonchev–Trinajstić information content (AvgIpc) is 2.48. The van der Waals surface area contributed by atoms with Gasteiger partial charge in [0.25, 0.3) is 0 Å². The lowest BCUT2D eigenvalue weighted by Gasteiger charge is -2.30. The van der Waals surface area contributed by atoms with Gasteiger partial charge < -0.3 is 20.1 Å². The van der Waals surface area contributed by atoms with E-state index in [-0.39, 0.29) is 11.5 Å². The van der Waals surface area contributed by atoms with Crippen molar-refractivity contribution in [2.24, 2.45) is 0 Å². The van der Waals surface area contributed by atoms with Gasteiger partial charge in [-0.05, 0) is 18.2 Å². The zero-order chi connectivity index (χ0) is 14.5. The van der Waals surface area contributed by atoms with Crippen LogP contribution in [-0.2, 0) is 9.53 Å². The molecule has 6 heteroatoms. The Morgan fingerprint density at radius 2 is 2.05 bits per heavy atom. The van der Waals surface area contributed by atoms with Crippen LogP contribution in [0, 0.1) is 0 Å². The van der Waals surface area contributed by atoms with Gasteiger partial charge in [-0.25, -0.2) is 4.79 Å². The first-order valence-electron chi connectivity index (χ1n) is 6.61. The van der Waals surface area contributed by atoms with Crippen molar-refractivity contribution in [3.05, 3.63) is 23.8 Å². The molecule has 0 unspecified atom stereocenters. The van der Waals surface area contributed by atoms with Crippen LogP contribution in [0.5, 0.6) is 0 Å². The van der Waals surface area contributed by atoms with Crippen molar-refractivity contribution >= 4 is 23.3 Å². The normalized spacial score (nSPS) is 14.9. The number of aromatic carboxylic acids is 1. The van der Waals surface area contributed by atoms with Gasteiger partial charge in [-0.1, -0.05) is 6.92 Å². The number of hydrogen-bond acceptors (Lipinski definition) is 4. The molecule has 1 aromatic rings. The summed E-state index contributed by atoms with van der Waals surface area (Å²) in [6, 6.07) is 4.96. The molecule has 0 atom stereocenters. The summed E-state index contributed by atoms with van der Waals surface area (Å²) in [7, 11) is 0.